The molecule has 0 aromatic heterocycles. The first-order chi connectivity index (χ1) is 8.71. The molecule has 0 bridgehead atoms. The van der Waals surface area contributed by atoms with Gasteiger partial charge in [-0.3, -0.25) is 10.3 Å². The summed E-state index contributed by atoms with van der Waals surface area (Å²) >= 11 is 0. The number of aliphatic imine (C=N–C) groups is 4. The van der Waals surface area contributed by atoms with Crippen LogP contribution in [0.15, 0.2) is 20.0 Å². The van der Waals surface area contributed by atoms with Gasteiger partial charge in [-0.25, -0.2) is 20.0 Å². The van der Waals surface area contributed by atoms with Crippen LogP contribution in [0.3, 0.4) is 0 Å². The van der Waals surface area contributed by atoms with Crippen molar-refractivity contribution in [2.75, 3.05) is 6.35 Å². The minimum atomic E-state index is -4.30. The molecular weight excluding hydrogens is 275 g/mol. The Morgan fingerprint density at radius 1 is 1.53 bits per heavy atom. The zero-order valence-corrected chi connectivity index (χ0v) is 10.9. The Morgan fingerprint density at radius 3 is 2.84 bits per heavy atom. The van der Waals surface area contributed by atoms with Gasteiger partial charge in [0.1, 0.15) is 18.8 Å². The molecule has 0 radical (unpaired) electrons. The Kier molecular flexibility index (Phi) is 3.37. The Labute approximate surface area is 108 Å². The number of ether oxygens (including phenoxy) is 1. The maximum atomic E-state index is 10.8. The first-order valence-electron chi connectivity index (χ1n) is 5.22. The van der Waals surface area contributed by atoms with Gasteiger partial charge in [-0.1, -0.05) is 0 Å². The summed E-state index contributed by atoms with van der Waals surface area (Å²) in [5.41, 5.74) is 11.9. The number of hydrogen-bond donors (Lipinski definition) is 4. The standard InChI is InChI=1S/C8H13N6O4P/c1-4(18-3-19(15,16)17)8(10)13-6(9)5-7(14-8)12-2-11-5/h2,4H,3,10H2,1H3,(H2,9,13)(H2,15,16,17). The van der Waals surface area contributed by atoms with Crippen molar-refractivity contribution < 1.29 is 19.1 Å². The third-order valence-corrected chi connectivity index (χ3v) is 2.98. The molecule has 0 fully saturated rings. The van der Waals surface area contributed by atoms with E-state index in [1.807, 2.05) is 0 Å². The van der Waals surface area contributed by atoms with Crippen molar-refractivity contribution in [2.45, 2.75) is 18.8 Å². The number of fused-ring (bicyclic) bond motifs is 1. The minimum absolute atomic E-state index is 0.0524. The second-order valence-corrected chi connectivity index (χ2v) is 5.63. The van der Waals surface area contributed by atoms with E-state index in [-0.39, 0.29) is 11.7 Å². The molecule has 0 amide bonds. The summed E-state index contributed by atoms with van der Waals surface area (Å²) in [6.45, 7) is 1.48. The van der Waals surface area contributed by atoms with Gasteiger partial charge in [-0.05, 0) is 6.92 Å². The largest absolute Gasteiger partial charge is 0.382 e. The lowest BCUT2D eigenvalue weighted by atomic mass is 10.1. The van der Waals surface area contributed by atoms with Gasteiger partial charge in [0.05, 0.1) is 0 Å². The number of hydrogen-bond acceptors (Lipinski definition) is 8. The molecule has 2 rings (SSSR count). The molecule has 10 nitrogen and oxygen atoms in total. The van der Waals surface area contributed by atoms with Crippen LogP contribution in [0.2, 0.25) is 0 Å². The first-order valence-corrected chi connectivity index (χ1v) is 7.02. The van der Waals surface area contributed by atoms with Crippen molar-refractivity contribution in [3.63, 3.8) is 0 Å². The summed E-state index contributed by atoms with van der Waals surface area (Å²) < 4.78 is 15.8. The minimum Gasteiger partial charge on any atom is -0.382 e. The molecule has 0 aromatic carbocycles. The summed E-state index contributed by atoms with van der Waals surface area (Å²) in [6, 6.07) is 0. The number of amidine groups is 2. The van der Waals surface area contributed by atoms with E-state index >= 15 is 0 Å². The van der Waals surface area contributed by atoms with Crippen molar-refractivity contribution >= 4 is 31.3 Å². The van der Waals surface area contributed by atoms with Crippen molar-refractivity contribution in [3.8, 4) is 0 Å². The predicted molar refractivity (Wildman–Crippen MR) is 69.4 cm³/mol. The quantitative estimate of drug-likeness (QED) is 0.454. The molecule has 2 unspecified atom stereocenters. The van der Waals surface area contributed by atoms with Crippen molar-refractivity contribution in [1.82, 2.24) is 0 Å². The van der Waals surface area contributed by atoms with Crippen LogP contribution in [0.4, 0.5) is 0 Å². The van der Waals surface area contributed by atoms with Crippen LogP contribution in [0.25, 0.3) is 0 Å². The topological polar surface area (TPSA) is 168 Å². The van der Waals surface area contributed by atoms with Crippen LogP contribution in [0.1, 0.15) is 6.92 Å². The van der Waals surface area contributed by atoms with E-state index in [9.17, 15) is 4.57 Å². The van der Waals surface area contributed by atoms with Crippen LogP contribution in [0, 0.1) is 0 Å². The molecule has 19 heavy (non-hydrogen) atoms. The van der Waals surface area contributed by atoms with E-state index in [0.717, 1.165) is 0 Å². The van der Waals surface area contributed by atoms with Gasteiger partial charge in [0.25, 0.3) is 0 Å². The van der Waals surface area contributed by atoms with E-state index in [0.29, 0.717) is 5.71 Å². The van der Waals surface area contributed by atoms with Crippen LogP contribution in [-0.2, 0) is 9.30 Å². The van der Waals surface area contributed by atoms with Crippen LogP contribution in [-0.4, -0.2) is 51.7 Å². The summed E-state index contributed by atoms with van der Waals surface area (Å²) in [4.78, 5) is 33.2. The second-order valence-electron chi connectivity index (χ2n) is 4.04. The fourth-order valence-electron chi connectivity index (χ4n) is 1.48. The van der Waals surface area contributed by atoms with Crippen molar-refractivity contribution in [1.29, 1.82) is 0 Å². The first kappa shape index (κ1) is 14.0. The zero-order chi connectivity index (χ0) is 14.3. The van der Waals surface area contributed by atoms with Gasteiger partial charge in [0.2, 0.25) is 5.79 Å². The lowest BCUT2D eigenvalue weighted by molar-refractivity contribution is 0.0352. The second kappa shape index (κ2) is 4.58. The summed E-state index contributed by atoms with van der Waals surface area (Å²) in [7, 11) is -4.30. The van der Waals surface area contributed by atoms with Crippen molar-refractivity contribution in [2.24, 2.45) is 31.4 Å². The molecule has 104 valence electrons. The monoisotopic (exact) mass is 288 g/mol. The summed E-state index contributed by atoms with van der Waals surface area (Å²) in [5.74, 6) is -1.31. The number of nitrogens with zero attached hydrogens (tertiary/aromatic N) is 4. The molecule has 0 aromatic rings. The number of rotatable bonds is 4. The Bertz CT molecular complexity index is 564. The fraction of sp³-hybridized carbons (Fsp3) is 0.500. The molecule has 0 aliphatic carbocycles. The Balaban J connectivity index is 2.19. The SMILES string of the molecule is CC(OCP(=O)(O)O)C1(N)N=C(N)C2=NC=NC2=N1. The molecule has 0 spiro atoms. The lowest BCUT2D eigenvalue weighted by Crippen LogP contribution is -2.53. The van der Waals surface area contributed by atoms with Gasteiger partial charge >= 0.3 is 7.60 Å². The molecular formula is C8H13N6O4P. The third kappa shape index (κ3) is 2.94. The van der Waals surface area contributed by atoms with Crippen LogP contribution >= 0.6 is 7.60 Å². The predicted octanol–water partition coefficient (Wildman–Crippen LogP) is -1.61. The summed E-state index contributed by atoms with van der Waals surface area (Å²) in [5, 5.41) is 0. The molecule has 0 saturated carbocycles. The molecule has 2 heterocycles. The highest BCUT2D eigenvalue weighted by atomic mass is 31.2. The smallest absolute Gasteiger partial charge is 0.350 e. The molecule has 6 N–H and O–H groups in total. The Hall–Kier alpha value is -1.45. The molecule has 11 heteroatoms. The third-order valence-electron chi connectivity index (χ3n) is 2.50. The molecule has 0 saturated heterocycles. The average Bonchev–Trinajstić information content (AvgIpc) is 2.72. The van der Waals surface area contributed by atoms with Crippen LogP contribution in [0.5, 0.6) is 0 Å². The van der Waals surface area contributed by atoms with Crippen LogP contribution < -0.4 is 11.5 Å². The van der Waals surface area contributed by atoms with E-state index in [1.54, 1.807) is 0 Å². The molecule has 2 aliphatic heterocycles. The maximum absolute atomic E-state index is 10.8. The van der Waals surface area contributed by atoms with E-state index in [2.05, 4.69) is 20.0 Å². The van der Waals surface area contributed by atoms with Crippen molar-refractivity contribution in [3.05, 3.63) is 0 Å². The van der Waals surface area contributed by atoms with Gasteiger partial charge in [-0.15, -0.1) is 0 Å². The van der Waals surface area contributed by atoms with Gasteiger partial charge < -0.3 is 20.3 Å². The van der Waals surface area contributed by atoms with E-state index in [1.165, 1.54) is 13.3 Å². The van der Waals surface area contributed by atoms with Gasteiger partial charge in [0, 0.05) is 0 Å². The normalized spacial score (nSPS) is 27.5. The highest BCUT2D eigenvalue weighted by molar-refractivity contribution is 7.51. The molecule has 2 atom stereocenters. The lowest BCUT2D eigenvalue weighted by Gasteiger charge is -2.30. The highest BCUT2D eigenvalue weighted by Crippen LogP contribution is 2.35. The summed E-state index contributed by atoms with van der Waals surface area (Å²) in [6.07, 6.45) is -0.412. The van der Waals surface area contributed by atoms with Gasteiger partial charge in [0.15, 0.2) is 17.4 Å². The fourth-order valence-corrected chi connectivity index (χ4v) is 1.89. The molecule has 2 aliphatic rings. The van der Waals surface area contributed by atoms with E-state index in [4.69, 9.17) is 26.0 Å². The highest BCUT2D eigenvalue weighted by Gasteiger charge is 2.39. The number of nitrogens with two attached hydrogens (primary N) is 2. The average molecular weight is 288 g/mol. The maximum Gasteiger partial charge on any atom is 0.350 e. The Morgan fingerprint density at radius 2 is 2.21 bits per heavy atom. The van der Waals surface area contributed by atoms with E-state index < -0.39 is 25.8 Å². The zero-order valence-electron chi connectivity index (χ0n) is 9.96. The van der Waals surface area contributed by atoms with Gasteiger partial charge in [-0.2, -0.15) is 0 Å².